The van der Waals surface area contributed by atoms with Crippen LogP contribution in [0.25, 0.3) is 11.3 Å². The quantitative estimate of drug-likeness (QED) is 0.683. The van der Waals surface area contributed by atoms with E-state index in [-0.39, 0.29) is 5.91 Å². The molecule has 1 atom stereocenters. The maximum Gasteiger partial charge on any atom is 0.220 e. The lowest BCUT2D eigenvalue weighted by Crippen LogP contribution is -2.39. The molecule has 27 heavy (non-hydrogen) atoms. The SMILES string of the molecule is CC1CCCCN1CCCNC(=O)CCc1ncc(-c2ccccc2Cl)o1. The van der Waals surface area contributed by atoms with Gasteiger partial charge in [-0.05, 0) is 44.9 Å². The highest BCUT2D eigenvalue weighted by molar-refractivity contribution is 6.33. The zero-order valence-corrected chi connectivity index (χ0v) is 16.7. The van der Waals surface area contributed by atoms with Crippen LogP contribution >= 0.6 is 11.6 Å². The normalized spacial score (nSPS) is 17.8. The second kappa shape index (κ2) is 9.90. The van der Waals surface area contributed by atoms with Gasteiger partial charge in [-0.15, -0.1) is 0 Å². The molecule has 3 rings (SSSR count). The van der Waals surface area contributed by atoms with E-state index in [4.69, 9.17) is 16.0 Å². The highest BCUT2D eigenvalue weighted by atomic mass is 35.5. The predicted molar refractivity (Wildman–Crippen MR) is 108 cm³/mol. The first kappa shape index (κ1) is 19.9. The topological polar surface area (TPSA) is 58.4 Å². The Labute approximate surface area is 166 Å². The molecule has 1 aliphatic heterocycles. The summed E-state index contributed by atoms with van der Waals surface area (Å²) in [7, 11) is 0. The number of likely N-dealkylation sites (tertiary alicyclic amines) is 1. The minimum atomic E-state index is 0.0409. The second-order valence-corrected chi connectivity index (χ2v) is 7.59. The van der Waals surface area contributed by atoms with Gasteiger partial charge in [-0.1, -0.05) is 30.2 Å². The number of hydrogen-bond acceptors (Lipinski definition) is 4. The molecule has 0 saturated carbocycles. The Morgan fingerprint density at radius 3 is 3.04 bits per heavy atom. The third kappa shape index (κ3) is 5.81. The van der Waals surface area contributed by atoms with Gasteiger partial charge in [-0.25, -0.2) is 4.98 Å². The van der Waals surface area contributed by atoms with Crippen molar-refractivity contribution in [3.63, 3.8) is 0 Å². The lowest BCUT2D eigenvalue weighted by Gasteiger charge is -2.33. The first-order valence-electron chi connectivity index (χ1n) is 9.84. The molecular formula is C21H28ClN3O2. The van der Waals surface area contributed by atoms with E-state index in [9.17, 15) is 4.79 Å². The molecule has 0 aliphatic carbocycles. The number of aryl methyl sites for hydroxylation is 1. The maximum atomic E-state index is 12.0. The third-order valence-electron chi connectivity index (χ3n) is 5.14. The van der Waals surface area contributed by atoms with Crippen LogP contribution in [0.4, 0.5) is 0 Å². The molecule has 2 heterocycles. The number of carbonyl (C=O) groups excluding carboxylic acids is 1. The highest BCUT2D eigenvalue weighted by Gasteiger charge is 2.17. The van der Waals surface area contributed by atoms with E-state index in [1.807, 2.05) is 24.3 Å². The summed E-state index contributed by atoms with van der Waals surface area (Å²) in [6.45, 7) is 5.26. The fourth-order valence-corrected chi connectivity index (χ4v) is 3.75. The van der Waals surface area contributed by atoms with Gasteiger partial charge in [0.05, 0.1) is 11.2 Å². The number of benzene rings is 1. The molecule has 1 fully saturated rings. The lowest BCUT2D eigenvalue weighted by atomic mass is 10.0. The summed E-state index contributed by atoms with van der Waals surface area (Å²) in [6, 6.07) is 8.16. The van der Waals surface area contributed by atoms with Crippen molar-refractivity contribution in [3.8, 4) is 11.3 Å². The molecule has 5 nitrogen and oxygen atoms in total. The zero-order chi connectivity index (χ0) is 19.1. The molecule has 1 N–H and O–H groups in total. The van der Waals surface area contributed by atoms with Crippen molar-refractivity contribution in [2.75, 3.05) is 19.6 Å². The van der Waals surface area contributed by atoms with Gasteiger partial charge in [0.25, 0.3) is 0 Å². The van der Waals surface area contributed by atoms with Crippen LogP contribution in [0.1, 0.15) is 44.9 Å². The minimum Gasteiger partial charge on any atom is -0.441 e. The lowest BCUT2D eigenvalue weighted by molar-refractivity contribution is -0.121. The van der Waals surface area contributed by atoms with Crippen molar-refractivity contribution < 1.29 is 9.21 Å². The Kier molecular flexibility index (Phi) is 7.30. The van der Waals surface area contributed by atoms with Gasteiger partial charge >= 0.3 is 0 Å². The second-order valence-electron chi connectivity index (χ2n) is 7.18. The van der Waals surface area contributed by atoms with Crippen molar-refractivity contribution >= 4 is 17.5 Å². The van der Waals surface area contributed by atoms with Gasteiger partial charge in [0, 0.05) is 37.5 Å². The number of oxazole rings is 1. The van der Waals surface area contributed by atoms with Crippen molar-refractivity contribution in [1.29, 1.82) is 0 Å². The Hall–Kier alpha value is -1.85. The molecule has 0 spiro atoms. The zero-order valence-electron chi connectivity index (χ0n) is 15.9. The predicted octanol–water partition coefficient (Wildman–Crippen LogP) is 4.31. The van der Waals surface area contributed by atoms with Gasteiger partial charge in [0.2, 0.25) is 5.91 Å². The minimum absolute atomic E-state index is 0.0409. The van der Waals surface area contributed by atoms with Gasteiger partial charge in [-0.3, -0.25) is 4.79 Å². The van der Waals surface area contributed by atoms with Crippen molar-refractivity contribution in [1.82, 2.24) is 15.2 Å². The summed E-state index contributed by atoms with van der Waals surface area (Å²) in [6.07, 6.45) is 7.44. The molecule has 1 unspecified atom stereocenters. The fraction of sp³-hybridized carbons (Fsp3) is 0.524. The molecule has 1 aliphatic rings. The van der Waals surface area contributed by atoms with Crippen LogP contribution in [0.5, 0.6) is 0 Å². The van der Waals surface area contributed by atoms with Gasteiger partial charge in [-0.2, -0.15) is 0 Å². The van der Waals surface area contributed by atoms with Gasteiger partial charge < -0.3 is 14.6 Å². The fourth-order valence-electron chi connectivity index (χ4n) is 3.52. The summed E-state index contributed by atoms with van der Waals surface area (Å²) < 4.78 is 5.74. The Balaban J connectivity index is 1.36. The molecular weight excluding hydrogens is 362 g/mol. The van der Waals surface area contributed by atoms with Crippen LogP contribution in [0.15, 0.2) is 34.9 Å². The molecule has 6 heteroatoms. The number of carbonyl (C=O) groups is 1. The summed E-state index contributed by atoms with van der Waals surface area (Å²) in [4.78, 5) is 18.8. The summed E-state index contributed by atoms with van der Waals surface area (Å²) >= 11 is 6.18. The van der Waals surface area contributed by atoms with Gasteiger partial charge in [0.15, 0.2) is 11.7 Å². The van der Waals surface area contributed by atoms with E-state index in [1.165, 1.54) is 25.8 Å². The number of nitrogens with zero attached hydrogens (tertiary/aromatic N) is 2. The van der Waals surface area contributed by atoms with E-state index < -0.39 is 0 Å². The molecule has 1 saturated heterocycles. The number of rotatable bonds is 8. The summed E-state index contributed by atoms with van der Waals surface area (Å²) in [5, 5.41) is 3.62. The summed E-state index contributed by atoms with van der Waals surface area (Å²) in [5.41, 5.74) is 0.814. The first-order valence-corrected chi connectivity index (χ1v) is 10.2. The van der Waals surface area contributed by atoms with Crippen LogP contribution in [0.2, 0.25) is 5.02 Å². The van der Waals surface area contributed by atoms with E-state index in [0.717, 1.165) is 25.1 Å². The van der Waals surface area contributed by atoms with E-state index in [0.29, 0.717) is 35.6 Å². The van der Waals surface area contributed by atoms with E-state index >= 15 is 0 Å². The number of aromatic nitrogens is 1. The molecule has 2 aromatic rings. The molecule has 1 aromatic carbocycles. The van der Waals surface area contributed by atoms with Crippen LogP contribution in [-0.4, -0.2) is 41.5 Å². The van der Waals surface area contributed by atoms with Crippen molar-refractivity contribution in [3.05, 3.63) is 41.4 Å². The number of nitrogens with one attached hydrogen (secondary N) is 1. The van der Waals surface area contributed by atoms with E-state index in [1.54, 1.807) is 6.20 Å². The van der Waals surface area contributed by atoms with Crippen molar-refractivity contribution in [2.24, 2.45) is 0 Å². The van der Waals surface area contributed by atoms with E-state index in [2.05, 4.69) is 22.1 Å². The third-order valence-corrected chi connectivity index (χ3v) is 5.47. The Bertz CT molecular complexity index is 747. The average Bonchev–Trinajstić information content (AvgIpc) is 3.14. The van der Waals surface area contributed by atoms with Gasteiger partial charge in [0.1, 0.15) is 0 Å². The number of piperidine rings is 1. The molecule has 1 aromatic heterocycles. The first-order chi connectivity index (χ1) is 13.1. The molecule has 1 amide bonds. The average molecular weight is 390 g/mol. The van der Waals surface area contributed by atoms with Crippen LogP contribution < -0.4 is 5.32 Å². The standard InChI is InChI=1S/C21H28ClN3O2/c1-16-7-4-5-13-25(16)14-6-12-23-20(26)10-11-21-24-15-19(27-21)17-8-2-3-9-18(17)22/h2-3,8-9,15-16H,4-7,10-14H2,1H3,(H,23,26). The number of amides is 1. The smallest absolute Gasteiger partial charge is 0.220 e. The van der Waals surface area contributed by atoms with Crippen LogP contribution in [0.3, 0.4) is 0 Å². The van der Waals surface area contributed by atoms with Crippen molar-refractivity contribution in [2.45, 2.75) is 51.5 Å². The largest absolute Gasteiger partial charge is 0.441 e. The summed E-state index contributed by atoms with van der Waals surface area (Å²) in [5.74, 6) is 1.23. The molecule has 146 valence electrons. The number of halogens is 1. The number of hydrogen-bond donors (Lipinski definition) is 1. The highest BCUT2D eigenvalue weighted by Crippen LogP contribution is 2.28. The Morgan fingerprint density at radius 2 is 2.22 bits per heavy atom. The molecule has 0 radical (unpaired) electrons. The Morgan fingerprint density at radius 1 is 1.37 bits per heavy atom. The molecule has 0 bridgehead atoms. The van der Waals surface area contributed by atoms with Crippen LogP contribution in [0, 0.1) is 0 Å². The maximum absolute atomic E-state index is 12.0. The monoisotopic (exact) mass is 389 g/mol. The van der Waals surface area contributed by atoms with Crippen LogP contribution in [-0.2, 0) is 11.2 Å².